The smallest absolute Gasteiger partial charge is 0.407 e. The average molecular weight is 490 g/mol. The molecule has 2 aromatic heterocycles. The molecule has 1 aliphatic carbocycles. The molecule has 1 fully saturated rings. The molecule has 1 N–H and O–H groups in total. The van der Waals surface area contributed by atoms with E-state index in [9.17, 15) is 20.0 Å². The minimum atomic E-state index is -0.965. The van der Waals surface area contributed by atoms with Crippen molar-refractivity contribution in [1.29, 1.82) is 5.26 Å². The Morgan fingerprint density at radius 1 is 1.23 bits per heavy atom. The fraction of sp³-hybridized carbons (Fsp3) is 0.346. The van der Waals surface area contributed by atoms with E-state index in [1.54, 1.807) is 30.2 Å². The van der Waals surface area contributed by atoms with E-state index in [1.807, 2.05) is 18.2 Å². The number of aromatic nitrogens is 2. The first-order valence-corrected chi connectivity index (χ1v) is 12.0. The third-order valence-electron chi connectivity index (χ3n) is 7.06. The third kappa shape index (κ3) is 4.28. The molecule has 1 aromatic carbocycles. The van der Waals surface area contributed by atoms with Crippen molar-refractivity contribution in [2.24, 2.45) is 0 Å². The molecule has 0 spiro atoms. The predicted molar refractivity (Wildman–Crippen MR) is 131 cm³/mol. The number of hydrogen-bond acceptors (Lipinski definition) is 5. The minimum Gasteiger partial charge on any atom is -0.465 e. The number of nitrogens with zero attached hydrogens (tertiary/aromatic N) is 5. The van der Waals surface area contributed by atoms with Crippen LogP contribution in [0.15, 0.2) is 36.5 Å². The van der Waals surface area contributed by atoms with E-state index in [0.717, 1.165) is 35.0 Å². The highest BCUT2D eigenvalue weighted by Crippen LogP contribution is 2.38. The number of carbonyl (C=O) groups excluding carboxylic acids is 1. The summed E-state index contributed by atoms with van der Waals surface area (Å²) in [5.74, 6) is 0.0774. The normalized spacial score (nSPS) is 19.8. The third-order valence-corrected chi connectivity index (χ3v) is 7.49. The topological polar surface area (TPSA) is 110 Å². The zero-order valence-electron chi connectivity index (χ0n) is 19.2. The number of fused-ring (bicyclic) bond motifs is 2. The van der Waals surface area contributed by atoms with E-state index < -0.39 is 6.09 Å². The van der Waals surface area contributed by atoms with Crippen LogP contribution in [0.5, 0.6) is 0 Å². The Labute approximate surface area is 207 Å². The molecule has 1 unspecified atom stereocenters. The van der Waals surface area contributed by atoms with Crippen molar-refractivity contribution >= 4 is 34.5 Å². The Hall–Kier alpha value is -3.70. The maximum atomic E-state index is 13.2. The van der Waals surface area contributed by atoms with Gasteiger partial charge in [-0.1, -0.05) is 17.7 Å². The lowest BCUT2D eigenvalue weighted by Crippen LogP contribution is -2.55. The molecule has 0 radical (unpaired) electrons. The second-order valence-corrected chi connectivity index (χ2v) is 9.56. The molecule has 0 bridgehead atoms. The fourth-order valence-electron chi connectivity index (χ4n) is 5.18. The zero-order chi connectivity index (χ0) is 24.7. The van der Waals surface area contributed by atoms with Crippen molar-refractivity contribution in [2.75, 3.05) is 19.6 Å². The van der Waals surface area contributed by atoms with Gasteiger partial charge in [-0.2, -0.15) is 5.26 Å². The van der Waals surface area contributed by atoms with E-state index in [1.165, 1.54) is 4.90 Å². The molecule has 35 heavy (non-hydrogen) atoms. The first kappa shape index (κ1) is 23.1. The van der Waals surface area contributed by atoms with Crippen molar-refractivity contribution in [3.05, 3.63) is 69.6 Å². The molecule has 178 valence electrons. The van der Waals surface area contributed by atoms with Crippen molar-refractivity contribution in [2.45, 2.75) is 38.1 Å². The molecular formula is C26H24ClN5O3. The van der Waals surface area contributed by atoms with Gasteiger partial charge < -0.3 is 14.9 Å². The van der Waals surface area contributed by atoms with E-state index in [-0.39, 0.29) is 24.4 Å². The van der Waals surface area contributed by atoms with Crippen molar-refractivity contribution in [1.82, 2.24) is 19.8 Å². The molecule has 2 aliphatic rings. The summed E-state index contributed by atoms with van der Waals surface area (Å²) in [6.45, 7) is 2.79. The Kier molecular flexibility index (Phi) is 6.03. The van der Waals surface area contributed by atoms with Crippen LogP contribution in [0.25, 0.3) is 10.9 Å². The fourth-order valence-corrected chi connectivity index (χ4v) is 5.54. The molecular weight excluding hydrogens is 466 g/mol. The number of carbonyl (C=O) groups is 2. The van der Waals surface area contributed by atoms with E-state index in [2.05, 4.69) is 11.1 Å². The van der Waals surface area contributed by atoms with E-state index in [4.69, 9.17) is 16.6 Å². The Morgan fingerprint density at radius 3 is 2.80 bits per heavy atom. The molecule has 1 saturated heterocycles. The second-order valence-electron chi connectivity index (χ2n) is 9.19. The number of benzene rings is 1. The van der Waals surface area contributed by atoms with Crippen LogP contribution in [0, 0.1) is 11.3 Å². The zero-order valence-corrected chi connectivity index (χ0v) is 20.0. The molecule has 1 aliphatic heterocycles. The number of nitriles is 1. The van der Waals surface area contributed by atoms with Gasteiger partial charge in [0.2, 0.25) is 0 Å². The number of pyridine rings is 2. The predicted octanol–water partition coefficient (Wildman–Crippen LogP) is 4.25. The maximum Gasteiger partial charge on any atom is 0.407 e. The number of carboxylic acid groups (broad SMARTS) is 1. The highest BCUT2D eigenvalue weighted by molar-refractivity contribution is 6.36. The highest BCUT2D eigenvalue weighted by atomic mass is 35.5. The van der Waals surface area contributed by atoms with Gasteiger partial charge in [0, 0.05) is 48.5 Å². The summed E-state index contributed by atoms with van der Waals surface area (Å²) in [7, 11) is 0. The van der Waals surface area contributed by atoms with Crippen LogP contribution in [0.1, 0.15) is 52.1 Å². The first-order valence-electron chi connectivity index (χ1n) is 11.6. The lowest BCUT2D eigenvalue weighted by molar-refractivity contribution is 0.0507. The minimum absolute atomic E-state index is 0.141. The lowest BCUT2D eigenvalue weighted by atomic mass is 9.82. The van der Waals surface area contributed by atoms with Crippen LogP contribution < -0.4 is 0 Å². The summed E-state index contributed by atoms with van der Waals surface area (Å²) in [5.41, 5.74) is 4.62. The van der Waals surface area contributed by atoms with Crippen LogP contribution >= 0.6 is 11.6 Å². The lowest BCUT2D eigenvalue weighted by Gasteiger charge is -2.38. The summed E-state index contributed by atoms with van der Waals surface area (Å²) < 4.78 is 0. The molecule has 5 rings (SSSR count). The van der Waals surface area contributed by atoms with Crippen molar-refractivity contribution in [3.8, 4) is 6.07 Å². The summed E-state index contributed by atoms with van der Waals surface area (Å²) in [6.07, 6.45) is 3.10. The van der Waals surface area contributed by atoms with Crippen molar-refractivity contribution in [3.63, 3.8) is 0 Å². The Morgan fingerprint density at radius 2 is 2.06 bits per heavy atom. The number of hydrogen-bond donors (Lipinski definition) is 1. The average Bonchev–Trinajstić information content (AvgIpc) is 2.87. The maximum absolute atomic E-state index is 13.2. The molecule has 3 heterocycles. The van der Waals surface area contributed by atoms with Crippen LogP contribution in [-0.4, -0.2) is 62.6 Å². The summed E-state index contributed by atoms with van der Waals surface area (Å²) in [6, 6.07) is 11.0. The van der Waals surface area contributed by atoms with Gasteiger partial charge in [0.25, 0.3) is 5.91 Å². The Bertz CT molecular complexity index is 1390. The molecule has 8 nitrogen and oxygen atoms in total. The second kappa shape index (κ2) is 9.16. The summed E-state index contributed by atoms with van der Waals surface area (Å²) in [4.78, 5) is 36.6. The molecule has 9 heteroatoms. The van der Waals surface area contributed by atoms with E-state index >= 15 is 0 Å². The van der Waals surface area contributed by atoms with Gasteiger partial charge in [0.15, 0.2) is 0 Å². The molecule has 0 saturated carbocycles. The van der Waals surface area contributed by atoms with Crippen LogP contribution in [-0.2, 0) is 12.8 Å². The van der Waals surface area contributed by atoms with Gasteiger partial charge in [0.05, 0.1) is 10.5 Å². The van der Waals surface area contributed by atoms with Crippen LogP contribution in [0.3, 0.4) is 0 Å². The van der Waals surface area contributed by atoms with Gasteiger partial charge in [0.1, 0.15) is 11.8 Å². The first-order chi connectivity index (χ1) is 16.9. The van der Waals surface area contributed by atoms with Gasteiger partial charge in [-0.15, -0.1) is 0 Å². The molecule has 3 aromatic rings. The summed E-state index contributed by atoms with van der Waals surface area (Å²) >= 11 is 6.80. The summed E-state index contributed by atoms with van der Waals surface area (Å²) in [5, 5.41) is 20.0. The van der Waals surface area contributed by atoms with Gasteiger partial charge in [-0.25, -0.2) is 9.78 Å². The van der Waals surface area contributed by atoms with Gasteiger partial charge >= 0.3 is 6.09 Å². The van der Waals surface area contributed by atoms with Crippen LogP contribution in [0.4, 0.5) is 4.79 Å². The number of piperazine rings is 1. The highest BCUT2D eigenvalue weighted by Gasteiger charge is 2.30. The Balaban J connectivity index is 1.43. The number of rotatable bonds is 2. The molecule has 2 atom stereocenters. The van der Waals surface area contributed by atoms with Crippen LogP contribution in [0.2, 0.25) is 5.02 Å². The number of amides is 2. The monoisotopic (exact) mass is 489 g/mol. The van der Waals surface area contributed by atoms with Gasteiger partial charge in [-0.05, 0) is 67.5 Å². The quantitative estimate of drug-likeness (QED) is 0.576. The van der Waals surface area contributed by atoms with Gasteiger partial charge in [-0.3, -0.25) is 9.78 Å². The standard InChI is InChI=1S/C26H24ClN5O3/c1-15-14-31(8-9-32(15)26(34)35)25(33)18-3-5-21-23(12-18)30-22-11-16(2-4-20(22)24(21)27)17-6-7-29-19(10-17)13-28/h3,5-7,10,12,15-16H,2,4,8-9,11,14H2,1H3,(H,34,35)/t15-,16?/m1/s1. The largest absolute Gasteiger partial charge is 0.465 e. The molecule has 2 amide bonds. The van der Waals surface area contributed by atoms with Crippen molar-refractivity contribution < 1.29 is 14.7 Å². The van der Waals surface area contributed by atoms with E-state index in [0.29, 0.717) is 41.3 Å². The SMILES string of the molecule is C[C@@H]1CN(C(=O)c2ccc3c(Cl)c4c(nc3c2)CC(c2ccnc(C#N)c2)CC4)CCN1C(=O)O. The number of halogens is 1.